The largest absolute Gasteiger partial charge is 0.497 e. The molecule has 1 atom stereocenters. The van der Waals surface area contributed by atoms with Crippen molar-refractivity contribution in [3.05, 3.63) is 82.8 Å². The summed E-state index contributed by atoms with van der Waals surface area (Å²) in [6, 6.07) is 14.6. The first-order chi connectivity index (χ1) is 17.4. The van der Waals surface area contributed by atoms with Crippen LogP contribution in [0.5, 0.6) is 5.75 Å². The number of benzene rings is 2. The third kappa shape index (κ3) is 5.07. The molecule has 0 spiro atoms. The van der Waals surface area contributed by atoms with Crippen LogP contribution in [-0.2, 0) is 14.3 Å². The normalized spacial score (nSPS) is 15.1. The van der Waals surface area contributed by atoms with Crippen LogP contribution >= 0.6 is 0 Å². The highest BCUT2D eigenvalue weighted by Crippen LogP contribution is 2.30. The summed E-state index contributed by atoms with van der Waals surface area (Å²) in [5, 5.41) is 9.30. The van der Waals surface area contributed by atoms with E-state index < -0.39 is 24.0 Å². The number of nitrogens with zero attached hydrogens (tertiary/aromatic N) is 1. The number of hydrogen-bond acceptors (Lipinski definition) is 8. The van der Waals surface area contributed by atoms with Crippen molar-refractivity contribution in [1.29, 1.82) is 0 Å². The summed E-state index contributed by atoms with van der Waals surface area (Å²) in [5.74, 6) is -0.461. The van der Waals surface area contributed by atoms with Gasteiger partial charge in [-0.25, -0.2) is 14.4 Å². The van der Waals surface area contributed by atoms with Crippen LogP contribution in [-0.4, -0.2) is 43.4 Å². The lowest BCUT2D eigenvalue weighted by atomic mass is 9.95. The second-order valence-corrected chi connectivity index (χ2v) is 7.82. The summed E-state index contributed by atoms with van der Waals surface area (Å²) in [4.78, 5) is 38.5. The topological polar surface area (TPSA) is 129 Å². The number of amides is 2. The monoisotopic (exact) mass is 491 g/mol. The van der Waals surface area contributed by atoms with Gasteiger partial charge in [-0.3, -0.25) is 0 Å². The molecule has 10 heteroatoms. The zero-order valence-electron chi connectivity index (χ0n) is 20.0. The number of ether oxygens (including phenoxy) is 3. The van der Waals surface area contributed by atoms with Crippen molar-refractivity contribution in [1.82, 2.24) is 15.8 Å². The molecule has 2 aromatic carbocycles. The molecule has 186 valence electrons. The molecule has 0 bridgehead atoms. The van der Waals surface area contributed by atoms with Crippen molar-refractivity contribution >= 4 is 18.0 Å². The first kappa shape index (κ1) is 24.5. The van der Waals surface area contributed by atoms with Crippen LogP contribution in [0.4, 0.5) is 4.79 Å². The SMILES string of the molecule is CCOC(=O)C1=C(COC(=O)c2c(-c3ccccc3)noc2C)NC(=O)N[C@H]1c1ccc(OC)cc1. The average molecular weight is 492 g/mol. The molecule has 0 saturated carbocycles. The van der Waals surface area contributed by atoms with Gasteiger partial charge in [0.25, 0.3) is 0 Å². The Hall–Kier alpha value is -4.60. The summed E-state index contributed by atoms with van der Waals surface area (Å²) in [5.41, 5.74) is 2.04. The van der Waals surface area contributed by atoms with E-state index in [-0.39, 0.29) is 35.8 Å². The van der Waals surface area contributed by atoms with Gasteiger partial charge in [-0.15, -0.1) is 0 Å². The van der Waals surface area contributed by atoms with Gasteiger partial charge in [0, 0.05) is 5.56 Å². The Labute approximate surface area is 207 Å². The first-order valence-corrected chi connectivity index (χ1v) is 11.2. The Morgan fingerprint density at radius 3 is 2.42 bits per heavy atom. The van der Waals surface area contributed by atoms with Gasteiger partial charge >= 0.3 is 18.0 Å². The molecule has 2 heterocycles. The third-order valence-electron chi connectivity index (χ3n) is 5.56. The maximum absolute atomic E-state index is 13.1. The highest BCUT2D eigenvalue weighted by Gasteiger charge is 2.34. The Morgan fingerprint density at radius 1 is 1.03 bits per heavy atom. The number of carbonyl (C=O) groups excluding carboxylic acids is 3. The summed E-state index contributed by atoms with van der Waals surface area (Å²) < 4.78 is 21.2. The van der Waals surface area contributed by atoms with E-state index in [9.17, 15) is 14.4 Å². The zero-order chi connectivity index (χ0) is 25.7. The van der Waals surface area contributed by atoms with Crippen molar-refractivity contribution < 1.29 is 33.1 Å². The Morgan fingerprint density at radius 2 is 1.75 bits per heavy atom. The molecule has 1 aromatic heterocycles. The summed E-state index contributed by atoms with van der Waals surface area (Å²) in [6.07, 6.45) is 0. The van der Waals surface area contributed by atoms with Crippen LogP contribution in [0.25, 0.3) is 11.3 Å². The van der Waals surface area contributed by atoms with E-state index >= 15 is 0 Å². The van der Waals surface area contributed by atoms with Crippen LogP contribution < -0.4 is 15.4 Å². The highest BCUT2D eigenvalue weighted by atomic mass is 16.5. The third-order valence-corrected chi connectivity index (χ3v) is 5.56. The zero-order valence-corrected chi connectivity index (χ0v) is 20.0. The minimum atomic E-state index is -0.824. The molecular formula is C26H25N3O7. The Bertz CT molecular complexity index is 1300. The number of urea groups is 1. The van der Waals surface area contributed by atoms with Gasteiger partial charge in [-0.2, -0.15) is 0 Å². The van der Waals surface area contributed by atoms with Gasteiger partial charge in [0.05, 0.1) is 31.0 Å². The van der Waals surface area contributed by atoms with Gasteiger partial charge in [0.2, 0.25) is 0 Å². The quantitative estimate of drug-likeness (QED) is 0.457. The van der Waals surface area contributed by atoms with Crippen molar-refractivity contribution in [2.24, 2.45) is 0 Å². The van der Waals surface area contributed by atoms with Crippen molar-refractivity contribution in [3.8, 4) is 17.0 Å². The van der Waals surface area contributed by atoms with Crippen molar-refractivity contribution in [2.75, 3.05) is 20.3 Å². The molecule has 4 rings (SSSR count). The minimum Gasteiger partial charge on any atom is -0.497 e. The van der Waals surface area contributed by atoms with E-state index in [1.807, 2.05) is 18.2 Å². The van der Waals surface area contributed by atoms with E-state index in [1.54, 1.807) is 50.2 Å². The summed E-state index contributed by atoms with van der Waals surface area (Å²) in [6.45, 7) is 3.02. The molecule has 3 aromatic rings. The minimum absolute atomic E-state index is 0.113. The number of methoxy groups -OCH3 is 1. The van der Waals surface area contributed by atoms with Crippen LogP contribution in [0.1, 0.15) is 34.6 Å². The second kappa shape index (κ2) is 10.8. The number of aryl methyl sites for hydroxylation is 1. The Balaban J connectivity index is 1.65. The molecular weight excluding hydrogens is 466 g/mol. The second-order valence-electron chi connectivity index (χ2n) is 7.82. The van der Waals surface area contributed by atoms with E-state index in [0.717, 1.165) is 0 Å². The molecule has 10 nitrogen and oxygen atoms in total. The smallest absolute Gasteiger partial charge is 0.344 e. The summed E-state index contributed by atoms with van der Waals surface area (Å²) in [7, 11) is 1.54. The first-order valence-electron chi connectivity index (χ1n) is 11.2. The lowest BCUT2D eigenvalue weighted by molar-refractivity contribution is -0.139. The van der Waals surface area contributed by atoms with Crippen LogP contribution in [0, 0.1) is 6.92 Å². The molecule has 0 fully saturated rings. The standard InChI is InChI=1S/C26H25N3O7/c1-4-34-25(31)21-19(27-26(32)28-22(21)17-10-12-18(33-3)13-11-17)14-35-24(30)20-15(2)36-29-23(20)16-8-6-5-7-9-16/h5-13,22H,4,14H2,1-3H3,(H2,27,28,32)/t22-/m0/s1. The van der Waals surface area contributed by atoms with Crippen molar-refractivity contribution in [2.45, 2.75) is 19.9 Å². The number of aromatic nitrogens is 1. The fourth-order valence-corrected chi connectivity index (χ4v) is 3.84. The Kier molecular flexibility index (Phi) is 7.33. The molecule has 0 aliphatic carbocycles. The lowest BCUT2D eigenvalue weighted by Gasteiger charge is -2.29. The molecule has 2 N–H and O–H groups in total. The number of rotatable bonds is 8. The molecule has 0 unspecified atom stereocenters. The van der Waals surface area contributed by atoms with E-state index in [2.05, 4.69) is 15.8 Å². The van der Waals surface area contributed by atoms with Gasteiger partial charge in [-0.05, 0) is 31.5 Å². The molecule has 2 amide bonds. The molecule has 1 aliphatic rings. The van der Waals surface area contributed by atoms with Crippen LogP contribution in [0.3, 0.4) is 0 Å². The number of hydrogen-bond donors (Lipinski definition) is 2. The average Bonchev–Trinajstić information content (AvgIpc) is 3.29. The lowest BCUT2D eigenvalue weighted by Crippen LogP contribution is -2.47. The maximum atomic E-state index is 13.1. The van der Waals surface area contributed by atoms with E-state index in [4.69, 9.17) is 18.7 Å². The van der Waals surface area contributed by atoms with Crippen molar-refractivity contribution in [3.63, 3.8) is 0 Å². The fourth-order valence-electron chi connectivity index (χ4n) is 3.84. The van der Waals surface area contributed by atoms with E-state index in [0.29, 0.717) is 22.6 Å². The van der Waals surface area contributed by atoms with Crippen LogP contribution in [0.15, 0.2) is 70.4 Å². The van der Waals surface area contributed by atoms with Gasteiger partial charge < -0.3 is 29.4 Å². The maximum Gasteiger partial charge on any atom is 0.344 e. The molecule has 0 radical (unpaired) electrons. The molecule has 36 heavy (non-hydrogen) atoms. The molecule has 1 aliphatic heterocycles. The van der Waals surface area contributed by atoms with Gasteiger partial charge in [-0.1, -0.05) is 47.6 Å². The fraction of sp³-hybridized carbons (Fsp3) is 0.231. The van der Waals surface area contributed by atoms with E-state index in [1.165, 1.54) is 7.11 Å². The van der Waals surface area contributed by atoms with Crippen LogP contribution in [0.2, 0.25) is 0 Å². The number of carbonyl (C=O) groups is 3. The predicted octanol–water partition coefficient (Wildman–Crippen LogP) is 3.69. The van der Waals surface area contributed by atoms with Gasteiger partial charge in [0.15, 0.2) is 0 Å². The van der Waals surface area contributed by atoms with Gasteiger partial charge in [0.1, 0.15) is 29.4 Å². The number of nitrogens with one attached hydrogen (secondary N) is 2. The summed E-state index contributed by atoms with van der Waals surface area (Å²) >= 11 is 0. The highest BCUT2D eigenvalue weighted by molar-refractivity contribution is 5.98. The predicted molar refractivity (Wildman–Crippen MR) is 128 cm³/mol. The molecule has 0 saturated heterocycles. The number of esters is 2.